The Morgan fingerprint density at radius 2 is 2.05 bits per heavy atom. The Kier molecular flexibility index (Phi) is 3.64. The number of β-amino-alcohol motifs (C(OH)–C–C–N with tert-alkyl or cyclic N) is 1. The Balaban J connectivity index is 2.07. The smallest absolute Gasteiger partial charge is 0.410 e. The van der Waals surface area contributed by atoms with E-state index in [9.17, 15) is 14.3 Å². The molecule has 1 N–H and O–H groups in total. The standard InChI is InChI=1S/C13H18FN3O3/c1-12(2,3)20-11(18)17-5-4-13(19,8-17)10-15-6-9(14)7-16-10/h6-7,19H,4-5,8H2,1-3H3. The highest BCUT2D eigenvalue weighted by molar-refractivity contribution is 5.68. The van der Waals surface area contributed by atoms with Crippen LogP contribution in [-0.2, 0) is 10.3 Å². The van der Waals surface area contributed by atoms with Gasteiger partial charge < -0.3 is 14.7 Å². The van der Waals surface area contributed by atoms with E-state index in [4.69, 9.17) is 4.74 Å². The normalized spacial score (nSPS) is 22.9. The van der Waals surface area contributed by atoms with E-state index in [2.05, 4.69) is 9.97 Å². The Hall–Kier alpha value is -1.76. The van der Waals surface area contributed by atoms with Crippen LogP contribution in [0.4, 0.5) is 9.18 Å². The molecule has 1 aromatic rings. The number of hydrogen-bond acceptors (Lipinski definition) is 5. The first kappa shape index (κ1) is 14.6. The summed E-state index contributed by atoms with van der Waals surface area (Å²) in [5, 5.41) is 10.5. The number of carbonyl (C=O) groups is 1. The molecule has 0 spiro atoms. The second kappa shape index (κ2) is 4.97. The maximum Gasteiger partial charge on any atom is 0.410 e. The number of aliphatic hydroxyl groups is 1. The molecule has 6 nitrogen and oxygen atoms in total. The molecule has 1 aromatic heterocycles. The van der Waals surface area contributed by atoms with Gasteiger partial charge in [-0.3, -0.25) is 0 Å². The maximum absolute atomic E-state index is 12.8. The lowest BCUT2D eigenvalue weighted by atomic mass is 10.0. The van der Waals surface area contributed by atoms with E-state index in [1.165, 1.54) is 4.90 Å². The minimum atomic E-state index is -1.36. The minimum Gasteiger partial charge on any atom is -0.444 e. The second-order valence-electron chi connectivity index (χ2n) is 5.91. The number of likely N-dealkylation sites (tertiary alicyclic amines) is 1. The molecule has 0 radical (unpaired) electrons. The van der Waals surface area contributed by atoms with Gasteiger partial charge in [0.25, 0.3) is 0 Å². The van der Waals surface area contributed by atoms with Crippen molar-refractivity contribution in [3.63, 3.8) is 0 Å². The molecule has 1 unspecified atom stereocenters. The monoisotopic (exact) mass is 283 g/mol. The van der Waals surface area contributed by atoms with Gasteiger partial charge in [-0.25, -0.2) is 19.2 Å². The van der Waals surface area contributed by atoms with Crippen molar-refractivity contribution in [2.24, 2.45) is 0 Å². The fraction of sp³-hybridized carbons (Fsp3) is 0.615. The van der Waals surface area contributed by atoms with Gasteiger partial charge in [-0.05, 0) is 20.8 Å². The molecule has 1 fully saturated rings. The number of halogens is 1. The molecule has 1 amide bonds. The first-order chi connectivity index (χ1) is 9.20. The minimum absolute atomic E-state index is 0.0353. The molecule has 1 aliphatic rings. The lowest BCUT2D eigenvalue weighted by Gasteiger charge is -2.25. The van der Waals surface area contributed by atoms with Gasteiger partial charge >= 0.3 is 6.09 Å². The zero-order valence-corrected chi connectivity index (χ0v) is 11.8. The second-order valence-corrected chi connectivity index (χ2v) is 5.91. The molecule has 0 aliphatic carbocycles. The third-order valence-corrected chi connectivity index (χ3v) is 2.94. The third kappa shape index (κ3) is 3.22. The number of rotatable bonds is 1. The van der Waals surface area contributed by atoms with Gasteiger partial charge in [0.1, 0.15) is 11.2 Å². The summed E-state index contributed by atoms with van der Waals surface area (Å²) < 4.78 is 18.0. The maximum atomic E-state index is 12.8. The van der Waals surface area contributed by atoms with Crippen LogP contribution in [0.1, 0.15) is 33.0 Å². The van der Waals surface area contributed by atoms with Crippen molar-refractivity contribution in [1.29, 1.82) is 0 Å². The van der Waals surface area contributed by atoms with Crippen molar-refractivity contribution in [3.05, 3.63) is 24.0 Å². The summed E-state index contributed by atoms with van der Waals surface area (Å²) in [4.78, 5) is 20.9. The van der Waals surface area contributed by atoms with Gasteiger partial charge in [-0.2, -0.15) is 0 Å². The number of amides is 1. The summed E-state index contributed by atoms with van der Waals surface area (Å²) in [6.45, 7) is 5.70. The van der Waals surface area contributed by atoms with Gasteiger partial charge in [0.05, 0.1) is 18.9 Å². The van der Waals surface area contributed by atoms with Gasteiger partial charge in [0, 0.05) is 13.0 Å². The van der Waals surface area contributed by atoms with Crippen molar-refractivity contribution in [2.75, 3.05) is 13.1 Å². The van der Waals surface area contributed by atoms with Crippen LogP contribution in [0.2, 0.25) is 0 Å². The van der Waals surface area contributed by atoms with E-state index in [0.29, 0.717) is 6.54 Å². The predicted molar refractivity (Wildman–Crippen MR) is 68.3 cm³/mol. The Labute approximate surface area is 116 Å². The molecule has 110 valence electrons. The molecule has 0 aromatic carbocycles. The number of aromatic nitrogens is 2. The molecular formula is C13H18FN3O3. The number of nitrogens with zero attached hydrogens (tertiary/aromatic N) is 3. The molecule has 1 saturated heterocycles. The third-order valence-electron chi connectivity index (χ3n) is 2.94. The number of ether oxygens (including phenoxy) is 1. The van der Waals surface area contributed by atoms with Crippen LogP contribution in [0.25, 0.3) is 0 Å². The quantitative estimate of drug-likeness (QED) is 0.844. The van der Waals surface area contributed by atoms with Gasteiger partial charge in [0.15, 0.2) is 11.6 Å². The fourth-order valence-electron chi connectivity index (χ4n) is 2.01. The molecule has 7 heteroatoms. The van der Waals surface area contributed by atoms with E-state index in [0.717, 1.165) is 12.4 Å². The molecule has 0 saturated carbocycles. The highest BCUT2D eigenvalue weighted by atomic mass is 19.1. The topological polar surface area (TPSA) is 75.5 Å². The Bertz CT molecular complexity index is 501. The average molecular weight is 283 g/mol. The van der Waals surface area contributed by atoms with Crippen molar-refractivity contribution in [1.82, 2.24) is 14.9 Å². The summed E-state index contributed by atoms with van der Waals surface area (Å²) in [6.07, 6.45) is 1.79. The summed E-state index contributed by atoms with van der Waals surface area (Å²) in [6, 6.07) is 0. The zero-order chi connectivity index (χ0) is 15.0. The summed E-state index contributed by atoms with van der Waals surface area (Å²) in [5.74, 6) is -0.454. The van der Waals surface area contributed by atoms with Crippen LogP contribution in [-0.4, -0.2) is 44.8 Å². The van der Waals surface area contributed by atoms with Crippen LogP contribution in [0.3, 0.4) is 0 Å². The molecule has 2 heterocycles. The van der Waals surface area contributed by atoms with Crippen molar-refractivity contribution < 1.29 is 19.0 Å². The van der Waals surface area contributed by atoms with E-state index in [1.807, 2.05) is 0 Å². The van der Waals surface area contributed by atoms with E-state index < -0.39 is 23.1 Å². The SMILES string of the molecule is CC(C)(C)OC(=O)N1CCC(O)(c2ncc(F)cn2)C1. The number of hydrogen-bond donors (Lipinski definition) is 1. The predicted octanol–water partition coefficient (Wildman–Crippen LogP) is 1.44. The fourth-order valence-corrected chi connectivity index (χ4v) is 2.01. The van der Waals surface area contributed by atoms with Crippen molar-refractivity contribution in [3.8, 4) is 0 Å². The molecule has 20 heavy (non-hydrogen) atoms. The van der Waals surface area contributed by atoms with Gasteiger partial charge in [-0.15, -0.1) is 0 Å². The lowest BCUT2D eigenvalue weighted by molar-refractivity contribution is 0.0109. The van der Waals surface area contributed by atoms with E-state index >= 15 is 0 Å². The van der Waals surface area contributed by atoms with Crippen LogP contribution >= 0.6 is 0 Å². The number of carbonyl (C=O) groups excluding carboxylic acids is 1. The molecular weight excluding hydrogens is 265 g/mol. The van der Waals surface area contributed by atoms with Gasteiger partial charge in [0.2, 0.25) is 0 Å². The van der Waals surface area contributed by atoms with Crippen molar-refractivity contribution in [2.45, 2.75) is 38.4 Å². The first-order valence-corrected chi connectivity index (χ1v) is 6.38. The van der Waals surface area contributed by atoms with E-state index in [1.54, 1.807) is 20.8 Å². The Morgan fingerprint density at radius 3 is 2.60 bits per heavy atom. The highest BCUT2D eigenvalue weighted by Gasteiger charge is 2.43. The summed E-state index contributed by atoms with van der Waals surface area (Å²) in [5.41, 5.74) is -1.95. The van der Waals surface area contributed by atoms with Crippen LogP contribution in [0, 0.1) is 5.82 Å². The molecule has 1 atom stereocenters. The van der Waals surface area contributed by atoms with Crippen LogP contribution in [0.5, 0.6) is 0 Å². The van der Waals surface area contributed by atoms with Crippen LogP contribution < -0.4 is 0 Å². The van der Waals surface area contributed by atoms with E-state index in [-0.39, 0.29) is 18.8 Å². The average Bonchev–Trinajstić information content (AvgIpc) is 2.72. The highest BCUT2D eigenvalue weighted by Crippen LogP contribution is 2.30. The van der Waals surface area contributed by atoms with Gasteiger partial charge in [-0.1, -0.05) is 0 Å². The summed E-state index contributed by atoms with van der Waals surface area (Å²) in [7, 11) is 0. The molecule has 1 aliphatic heterocycles. The molecule has 2 rings (SSSR count). The zero-order valence-electron chi connectivity index (χ0n) is 11.8. The first-order valence-electron chi connectivity index (χ1n) is 6.38. The van der Waals surface area contributed by atoms with Crippen LogP contribution in [0.15, 0.2) is 12.4 Å². The lowest BCUT2D eigenvalue weighted by Crippen LogP contribution is -2.38. The summed E-state index contributed by atoms with van der Waals surface area (Å²) >= 11 is 0. The van der Waals surface area contributed by atoms with Crippen molar-refractivity contribution >= 4 is 6.09 Å². The Morgan fingerprint density at radius 1 is 1.45 bits per heavy atom. The molecule has 0 bridgehead atoms. The largest absolute Gasteiger partial charge is 0.444 e.